The van der Waals surface area contributed by atoms with E-state index in [1.54, 1.807) is 21.9 Å². The lowest BCUT2D eigenvalue weighted by Crippen LogP contribution is -2.49. The lowest BCUT2D eigenvalue weighted by molar-refractivity contribution is -0.129. The van der Waals surface area contributed by atoms with Gasteiger partial charge in [0.25, 0.3) is 5.92 Å². The summed E-state index contributed by atoms with van der Waals surface area (Å²) in [7, 11) is -3.81. The number of halogens is 3. The molecule has 3 heterocycles. The Morgan fingerprint density at radius 3 is 2.36 bits per heavy atom. The van der Waals surface area contributed by atoms with E-state index >= 15 is 8.78 Å². The van der Waals surface area contributed by atoms with E-state index < -0.39 is 28.1 Å². The fourth-order valence-electron chi connectivity index (χ4n) is 6.47. The highest BCUT2D eigenvalue weighted by Gasteiger charge is 2.44. The van der Waals surface area contributed by atoms with E-state index in [0.717, 1.165) is 6.42 Å². The molecule has 1 aliphatic carbocycles. The van der Waals surface area contributed by atoms with Crippen molar-refractivity contribution in [3.8, 4) is 0 Å². The number of pyridine rings is 1. The quantitative estimate of drug-likeness (QED) is 0.148. The van der Waals surface area contributed by atoms with Crippen LogP contribution in [0.4, 0.5) is 20.3 Å². The number of piperazine rings is 1. The second-order valence-electron chi connectivity index (χ2n) is 12.2. The lowest BCUT2D eigenvalue weighted by Gasteiger charge is -2.36. The third-order valence-corrected chi connectivity index (χ3v) is 11.3. The molecular weight excluding hydrogens is 656 g/mol. The zero-order valence-electron chi connectivity index (χ0n) is 26.1. The van der Waals surface area contributed by atoms with E-state index in [2.05, 4.69) is 15.6 Å². The summed E-state index contributed by atoms with van der Waals surface area (Å²) in [6, 6.07) is 8.79. The van der Waals surface area contributed by atoms with E-state index in [9.17, 15) is 23.1 Å². The highest BCUT2D eigenvalue weighted by atomic mass is 35.5. The maximum Gasteiger partial charge on any atom is 0.276 e. The highest BCUT2D eigenvalue weighted by molar-refractivity contribution is 7.89. The number of hydrogen-bond donors (Lipinski definition) is 4. The molecule has 5 N–H and O–H groups in total. The zero-order valence-corrected chi connectivity index (χ0v) is 27.7. The second kappa shape index (κ2) is 15.1. The highest BCUT2D eigenvalue weighted by Crippen LogP contribution is 2.46. The van der Waals surface area contributed by atoms with Crippen molar-refractivity contribution in [2.24, 2.45) is 17.6 Å². The molecule has 0 bridgehead atoms. The molecule has 0 spiro atoms. The van der Waals surface area contributed by atoms with Crippen LogP contribution in [0.3, 0.4) is 0 Å². The van der Waals surface area contributed by atoms with Gasteiger partial charge in [-0.05, 0) is 68.5 Å². The molecule has 1 saturated carbocycles. The number of carbonyl (C=O) groups is 2. The SMILES string of the molecule is NCC(O)NCCNC(=O)[C@H]1CC[C@H](C(F)(F)c2cc(Cl)nc(N3CCN(S(=O)(=O)c4ccc(N5CCCC5=O)cc4)CC3)c2)CC1. The summed E-state index contributed by atoms with van der Waals surface area (Å²) in [5.74, 6) is -4.46. The number of hydrogen-bond acceptors (Lipinski definition) is 9. The molecular formula is C31H42ClF2N7O5S. The molecule has 3 aliphatic rings. The van der Waals surface area contributed by atoms with Gasteiger partial charge in [-0.25, -0.2) is 22.2 Å². The van der Waals surface area contributed by atoms with Crippen molar-refractivity contribution in [3.63, 3.8) is 0 Å². The van der Waals surface area contributed by atoms with Crippen LogP contribution in [0.1, 0.15) is 44.1 Å². The summed E-state index contributed by atoms with van der Waals surface area (Å²) < 4.78 is 59.8. The molecule has 2 saturated heterocycles. The zero-order chi connectivity index (χ0) is 33.8. The first-order valence-corrected chi connectivity index (χ1v) is 17.8. The van der Waals surface area contributed by atoms with Crippen molar-refractivity contribution in [2.75, 3.05) is 62.2 Å². The van der Waals surface area contributed by atoms with E-state index in [4.69, 9.17) is 17.3 Å². The van der Waals surface area contributed by atoms with Crippen LogP contribution in [-0.2, 0) is 25.5 Å². The third kappa shape index (κ3) is 8.20. The average Bonchev–Trinajstić information content (AvgIpc) is 3.51. The van der Waals surface area contributed by atoms with Gasteiger partial charge in [0.05, 0.1) is 4.90 Å². The number of anilines is 2. The number of amides is 2. The van der Waals surface area contributed by atoms with Crippen LogP contribution in [0.2, 0.25) is 5.15 Å². The lowest BCUT2D eigenvalue weighted by atomic mass is 9.77. The molecule has 1 unspecified atom stereocenters. The van der Waals surface area contributed by atoms with Crippen molar-refractivity contribution < 1.29 is 31.9 Å². The van der Waals surface area contributed by atoms with E-state index in [1.165, 1.54) is 28.6 Å². The summed E-state index contributed by atoms with van der Waals surface area (Å²) in [6.07, 6.45) is 1.38. The van der Waals surface area contributed by atoms with Crippen LogP contribution in [0.15, 0.2) is 41.3 Å². The van der Waals surface area contributed by atoms with Gasteiger partial charge in [0, 0.05) is 81.9 Å². The van der Waals surface area contributed by atoms with Crippen LogP contribution in [0.5, 0.6) is 0 Å². The number of nitrogens with two attached hydrogens (primary N) is 1. The first-order valence-electron chi connectivity index (χ1n) is 16.0. The standard InChI is InChI=1S/C31H42ClF2N7O5S/c32-26-18-23(31(33,34)22-5-3-21(4-6-22)30(44)37-12-11-36-28(42)20-35)19-27(38-26)39-14-16-40(17-15-39)47(45,46)25-9-7-24(8-10-25)41-13-1-2-29(41)43/h7-10,18-19,21-22,28,36,42H,1-6,11-17,20,35H2,(H,37,44)/t21-,22-,28?. The van der Waals surface area contributed by atoms with Crippen LogP contribution >= 0.6 is 11.6 Å². The van der Waals surface area contributed by atoms with E-state index in [0.29, 0.717) is 44.6 Å². The molecule has 2 aliphatic heterocycles. The molecule has 2 amide bonds. The number of aliphatic hydroxyl groups is 1. The minimum atomic E-state index is -3.81. The van der Waals surface area contributed by atoms with Crippen molar-refractivity contribution >= 4 is 44.9 Å². The van der Waals surface area contributed by atoms with Gasteiger partial charge >= 0.3 is 0 Å². The average molecular weight is 698 g/mol. The Kier molecular flexibility index (Phi) is 11.3. The normalized spacial score (nSPS) is 22.0. The fourth-order valence-corrected chi connectivity index (χ4v) is 8.10. The Bertz CT molecular complexity index is 1520. The van der Waals surface area contributed by atoms with E-state index in [1.807, 2.05) is 0 Å². The molecule has 1 aromatic heterocycles. The van der Waals surface area contributed by atoms with Crippen molar-refractivity contribution in [3.05, 3.63) is 47.1 Å². The van der Waals surface area contributed by atoms with E-state index in [-0.39, 0.29) is 84.7 Å². The summed E-state index contributed by atoms with van der Waals surface area (Å²) in [6.45, 7) is 2.02. The topological polar surface area (TPSA) is 161 Å². The van der Waals surface area contributed by atoms with Gasteiger partial charge in [-0.3, -0.25) is 14.9 Å². The van der Waals surface area contributed by atoms with Gasteiger partial charge in [-0.15, -0.1) is 0 Å². The number of carbonyl (C=O) groups excluding carboxylic acids is 2. The number of sulfonamides is 1. The molecule has 12 nitrogen and oxygen atoms in total. The number of benzene rings is 1. The first kappa shape index (κ1) is 35.4. The number of rotatable bonds is 12. The second-order valence-corrected chi connectivity index (χ2v) is 14.6. The number of aromatic nitrogens is 1. The molecule has 0 radical (unpaired) electrons. The molecule has 1 aromatic carbocycles. The Balaban J connectivity index is 1.16. The Hall–Kier alpha value is -2.95. The van der Waals surface area contributed by atoms with Crippen LogP contribution in [0, 0.1) is 11.8 Å². The molecule has 1 atom stereocenters. The summed E-state index contributed by atoms with van der Waals surface area (Å²) in [5.41, 5.74) is 5.74. The van der Waals surface area contributed by atoms with Gasteiger partial charge in [-0.2, -0.15) is 4.31 Å². The van der Waals surface area contributed by atoms with Gasteiger partial charge in [-0.1, -0.05) is 11.6 Å². The maximum atomic E-state index is 15.9. The first-order chi connectivity index (χ1) is 22.4. The van der Waals surface area contributed by atoms with Crippen molar-refractivity contribution in [1.82, 2.24) is 19.9 Å². The van der Waals surface area contributed by atoms with Gasteiger partial charge in [0.1, 0.15) is 17.2 Å². The molecule has 16 heteroatoms. The largest absolute Gasteiger partial charge is 0.377 e. The summed E-state index contributed by atoms with van der Waals surface area (Å²) in [5, 5.41) is 14.9. The maximum absolute atomic E-state index is 15.9. The fraction of sp³-hybridized carbons (Fsp3) is 0.581. The number of nitrogens with one attached hydrogen (secondary N) is 2. The number of alkyl halides is 2. The summed E-state index contributed by atoms with van der Waals surface area (Å²) in [4.78, 5) is 32.4. The Morgan fingerprint density at radius 1 is 1.06 bits per heavy atom. The number of aliphatic hydroxyl groups excluding tert-OH is 1. The molecule has 2 aromatic rings. The Labute approximate surface area is 278 Å². The van der Waals surface area contributed by atoms with Gasteiger partial charge in [0.2, 0.25) is 21.8 Å². The predicted octanol–water partition coefficient (Wildman–Crippen LogP) is 2.25. The van der Waals surface area contributed by atoms with Crippen molar-refractivity contribution in [1.29, 1.82) is 0 Å². The molecule has 47 heavy (non-hydrogen) atoms. The van der Waals surface area contributed by atoms with Crippen LogP contribution in [-0.4, -0.2) is 93.2 Å². The van der Waals surface area contributed by atoms with Gasteiger partial charge < -0.3 is 26.0 Å². The van der Waals surface area contributed by atoms with Crippen LogP contribution in [0.25, 0.3) is 0 Å². The Morgan fingerprint density at radius 2 is 1.74 bits per heavy atom. The molecule has 258 valence electrons. The van der Waals surface area contributed by atoms with Crippen molar-refractivity contribution in [2.45, 2.75) is 55.6 Å². The summed E-state index contributed by atoms with van der Waals surface area (Å²) >= 11 is 6.24. The molecule has 5 rings (SSSR count). The minimum absolute atomic E-state index is 0.0195. The smallest absolute Gasteiger partial charge is 0.276 e. The molecule has 3 fully saturated rings. The third-order valence-electron chi connectivity index (χ3n) is 9.23. The monoisotopic (exact) mass is 697 g/mol. The number of nitrogens with zero attached hydrogens (tertiary/aromatic N) is 4. The van der Waals surface area contributed by atoms with Gasteiger partial charge in [0.15, 0.2) is 0 Å². The van der Waals surface area contributed by atoms with Crippen LogP contribution < -0.4 is 26.2 Å². The predicted molar refractivity (Wildman–Crippen MR) is 174 cm³/mol. The minimum Gasteiger partial charge on any atom is -0.377 e.